The lowest BCUT2D eigenvalue weighted by atomic mass is 10.0. The maximum absolute atomic E-state index is 12.9. The van der Waals surface area contributed by atoms with Gasteiger partial charge in [-0.15, -0.1) is 0 Å². The molecule has 0 spiro atoms. The number of rotatable bonds is 42. The molecule has 0 radical (unpaired) electrons. The average Bonchev–Trinajstić information content (AvgIpc) is 3.13. The van der Waals surface area contributed by atoms with Crippen LogP contribution in [0.3, 0.4) is 0 Å². The highest BCUT2D eigenvalue weighted by Gasteiger charge is 2.27. The summed E-state index contributed by atoms with van der Waals surface area (Å²) in [5.41, 5.74) is 0. The average molecular weight is 800 g/mol. The van der Waals surface area contributed by atoms with Crippen molar-refractivity contribution in [1.82, 2.24) is 5.32 Å². The molecule has 3 N–H and O–H groups in total. The Balaban J connectivity index is 4.42. The molecule has 0 fully saturated rings. The Kier molecular flexibility index (Phi) is 37.8. The second-order valence-corrected chi connectivity index (χ2v) is 18.6. The van der Waals surface area contributed by atoms with Crippen molar-refractivity contribution in [2.45, 2.75) is 225 Å². The van der Waals surface area contributed by atoms with Crippen LogP contribution < -0.4 is 5.32 Å². The summed E-state index contributed by atoms with van der Waals surface area (Å²) in [6.07, 6.45) is 45.3. The van der Waals surface area contributed by atoms with Crippen LogP contribution in [0.4, 0.5) is 0 Å². The molecule has 0 aliphatic carbocycles. The molecule has 0 aromatic rings. The Bertz CT molecular complexity index is 953. The molecule has 0 saturated carbocycles. The van der Waals surface area contributed by atoms with Crippen molar-refractivity contribution in [2.75, 3.05) is 40.9 Å². The minimum absolute atomic E-state index is 0.0583. The van der Waals surface area contributed by atoms with E-state index in [1.165, 1.54) is 154 Å². The van der Waals surface area contributed by atoms with Gasteiger partial charge in [0.25, 0.3) is 0 Å². The summed E-state index contributed by atoms with van der Waals surface area (Å²) in [5.74, 6) is -0.185. The van der Waals surface area contributed by atoms with Crippen LogP contribution in [0.2, 0.25) is 0 Å². The number of hydrogen-bond acceptors (Lipinski definition) is 5. The molecule has 9 heteroatoms. The van der Waals surface area contributed by atoms with Gasteiger partial charge in [-0.2, -0.15) is 0 Å². The van der Waals surface area contributed by atoms with E-state index < -0.39 is 20.0 Å². The van der Waals surface area contributed by atoms with Crippen LogP contribution in [0, 0.1) is 0 Å². The predicted molar refractivity (Wildman–Crippen MR) is 235 cm³/mol. The second kappa shape index (κ2) is 38.5. The van der Waals surface area contributed by atoms with Crippen LogP contribution in [-0.4, -0.2) is 73.4 Å². The van der Waals surface area contributed by atoms with Crippen LogP contribution >= 0.6 is 7.82 Å². The molecule has 1 amide bonds. The topological polar surface area (TPSA) is 105 Å². The zero-order chi connectivity index (χ0) is 40.7. The van der Waals surface area contributed by atoms with Crippen molar-refractivity contribution in [3.63, 3.8) is 0 Å². The molecule has 0 aromatic heterocycles. The number of carbonyl (C=O) groups excluding carboxylic acids is 1. The van der Waals surface area contributed by atoms with Crippen LogP contribution in [0.5, 0.6) is 0 Å². The van der Waals surface area contributed by atoms with E-state index in [1.807, 2.05) is 27.2 Å². The molecular weight excluding hydrogens is 707 g/mol. The molecule has 0 aliphatic heterocycles. The summed E-state index contributed by atoms with van der Waals surface area (Å²) >= 11 is 0. The van der Waals surface area contributed by atoms with Gasteiger partial charge in [0.2, 0.25) is 5.91 Å². The third-order valence-electron chi connectivity index (χ3n) is 10.4. The smallest absolute Gasteiger partial charge is 0.387 e. The standard InChI is InChI=1S/C46H91N2O6P/c1-6-8-10-12-14-16-18-20-22-24-26-28-30-32-34-36-38-40-46(50)47-44(43-54-55(51,52)53-42-41-48(3,4)5)45(49)39-37-35-33-31-29-27-25-23-21-19-17-15-13-11-9-7-2/h29,31,37,39,44-45,49H,6-28,30,32-36,38,40-43H2,1-5H3,(H-,47,50,51,52)/p+1/b31-29+,39-37+. The number of aliphatic hydroxyl groups excluding tert-OH is 1. The summed E-state index contributed by atoms with van der Waals surface area (Å²) in [5, 5.41) is 13.8. The summed E-state index contributed by atoms with van der Waals surface area (Å²) in [4.78, 5) is 23.1. The van der Waals surface area contributed by atoms with Crippen LogP contribution in [0.1, 0.15) is 213 Å². The minimum Gasteiger partial charge on any atom is -0.387 e. The molecule has 0 saturated heterocycles. The van der Waals surface area contributed by atoms with Gasteiger partial charge in [-0.25, -0.2) is 4.57 Å². The number of nitrogens with zero attached hydrogens (tertiary/aromatic N) is 1. The van der Waals surface area contributed by atoms with Gasteiger partial charge >= 0.3 is 7.82 Å². The third-order valence-corrected chi connectivity index (χ3v) is 11.4. The lowest BCUT2D eigenvalue weighted by molar-refractivity contribution is -0.870. The molecule has 0 aromatic carbocycles. The first-order valence-corrected chi connectivity index (χ1v) is 24.7. The fourth-order valence-corrected chi connectivity index (χ4v) is 7.44. The van der Waals surface area contributed by atoms with Gasteiger partial charge in [0.1, 0.15) is 13.2 Å². The van der Waals surface area contributed by atoms with E-state index >= 15 is 0 Å². The molecular formula is C46H92N2O6P+. The Morgan fingerprint density at radius 1 is 0.600 bits per heavy atom. The molecule has 3 unspecified atom stereocenters. The van der Waals surface area contributed by atoms with Gasteiger partial charge < -0.3 is 19.8 Å². The van der Waals surface area contributed by atoms with Crippen molar-refractivity contribution in [1.29, 1.82) is 0 Å². The van der Waals surface area contributed by atoms with E-state index in [1.54, 1.807) is 6.08 Å². The number of likely N-dealkylation sites (N-methyl/N-ethyl adjacent to an activating group) is 1. The first kappa shape index (κ1) is 54.0. The Morgan fingerprint density at radius 2 is 1.00 bits per heavy atom. The van der Waals surface area contributed by atoms with E-state index in [4.69, 9.17) is 9.05 Å². The van der Waals surface area contributed by atoms with Gasteiger partial charge in [0.15, 0.2) is 0 Å². The number of phosphoric ester groups is 1. The fourth-order valence-electron chi connectivity index (χ4n) is 6.70. The highest BCUT2D eigenvalue weighted by Crippen LogP contribution is 2.43. The van der Waals surface area contributed by atoms with Crippen LogP contribution in [0.15, 0.2) is 24.3 Å². The van der Waals surface area contributed by atoms with E-state index in [0.717, 1.165) is 38.5 Å². The first-order chi connectivity index (χ1) is 26.5. The lowest BCUT2D eigenvalue weighted by Gasteiger charge is -2.25. The Hall–Kier alpha value is -1.02. The van der Waals surface area contributed by atoms with Gasteiger partial charge in [-0.1, -0.05) is 199 Å². The van der Waals surface area contributed by atoms with Crippen molar-refractivity contribution in [3.05, 3.63) is 24.3 Å². The van der Waals surface area contributed by atoms with E-state index in [0.29, 0.717) is 17.4 Å². The molecule has 0 rings (SSSR count). The number of carbonyl (C=O) groups is 1. The lowest BCUT2D eigenvalue weighted by Crippen LogP contribution is -2.45. The SMILES string of the molecule is CCCCCCCCCCCC/C=C/CC/C=C/C(O)C(COP(=O)(O)OCC[N+](C)(C)C)NC(=O)CCCCCCCCCCCCCCCCCCC. The number of phosphoric acid groups is 1. The maximum Gasteiger partial charge on any atom is 0.472 e. The number of allylic oxidation sites excluding steroid dienone is 3. The van der Waals surface area contributed by atoms with Crippen LogP contribution in [-0.2, 0) is 18.4 Å². The number of quaternary nitrogens is 1. The normalized spacial score (nSPS) is 14.5. The highest BCUT2D eigenvalue weighted by atomic mass is 31.2. The molecule has 0 bridgehead atoms. The largest absolute Gasteiger partial charge is 0.472 e. The summed E-state index contributed by atoms with van der Waals surface area (Å²) < 4.78 is 23.6. The second-order valence-electron chi connectivity index (χ2n) is 17.1. The van der Waals surface area contributed by atoms with Gasteiger partial charge in [0, 0.05) is 6.42 Å². The summed E-state index contributed by atoms with van der Waals surface area (Å²) in [6.45, 7) is 4.80. The number of nitrogens with one attached hydrogen (secondary N) is 1. The molecule has 8 nitrogen and oxygen atoms in total. The van der Waals surface area contributed by atoms with E-state index in [-0.39, 0.29) is 19.1 Å². The zero-order valence-electron chi connectivity index (χ0n) is 36.9. The first-order valence-electron chi connectivity index (χ1n) is 23.2. The number of hydrogen-bond donors (Lipinski definition) is 3. The minimum atomic E-state index is -4.34. The number of aliphatic hydroxyl groups is 1. The van der Waals surface area contributed by atoms with Gasteiger partial charge in [-0.3, -0.25) is 13.8 Å². The third kappa shape index (κ3) is 41.0. The Labute approximate surface area is 341 Å². The Morgan fingerprint density at radius 3 is 1.45 bits per heavy atom. The van der Waals surface area contributed by atoms with Gasteiger partial charge in [0.05, 0.1) is 39.9 Å². The summed E-state index contributed by atoms with van der Waals surface area (Å²) in [7, 11) is 1.56. The monoisotopic (exact) mass is 800 g/mol. The van der Waals surface area contributed by atoms with E-state index in [9.17, 15) is 19.4 Å². The zero-order valence-corrected chi connectivity index (χ0v) is 37.8. The molecule has 326 valence electrons. The fraction of sp³-hybridized carbons (Fsp3) is 0.891. The van der Waals surface area contributed by atoms with Crippen molar-refractivity contribution >= 4 is 13.7 Å². The molecule has 0 aliphatic rings. The number of unbranched alkanes of at least 4 members (excludes halogenated alkanes) is 27. The van der Waals surface area contributed by atoms with Crippen molar-refractivity contribution in [2.24, 2.45) is 0 Å². The highest BCUT2D eigenvalue weighted by molar-refractivity contribution is 7.47. The van der Waals surface area contributed by atoms with Crippen LogP contribution in [0.25, 0.3) is 0 Å². The molecule has 55 heavy (non-hydrogen) atoms. The maximum atomic E-state index is 12.9. The van der Waals surface area contributed by atoms with E-state index in [2.05, 4.69) is 31.3 Å². The summed E-state index contributed by atoms with van der Waals surface area (Å²) in [6, 6.07) is -0.858. The molecule has 3 atom stereocenters. The van der Waals surface area contributed by atoms with Crippen molar-refractivity contribution in [3.8, 4) is 0 Å². The van der Waals surface area contributed by atoms with Gasteiger partial charge in [-0.05, 0) is 32.1 Å². The quantitative estimate of drug-likeness (QED) is 0.0246. The molecule has 0 heterocycles. The predicted octanol–water partition coefficient (Wildman–Crippen LogP) is 12.9. The van der Waals surface area contributed by atoms with Crippen molar-refractivity contribution < 1.29 is 32.9 Å². The number of amides is 1.